The second-order valence-corrected chi connectivity index (χ2v) is 5.73. The van der Waals surface area contributed by atoms with E-state index in [2.05, 4.69) is 11.8 Å². The van der Waals surface area contributed by atoms with Crippen LogP contribution in [-0.4, -0.2) is 46.6 Å². The molecule has 1 aromatic rings. The Kier molecular flexibility index (Phi) is 5.05. The average molecular weight is 293 g/mol. The van der Waals surface area contributed by atoms with E-state index in [1.165, 1.54) is 12.1 Å². The van der Waals surface area contributed by atoms with Crippen molar-refractivity contribution in [2.45, 2.75) is 13.0 Å². The lowest BCUT2D eigenvalue weighted by Crippen LogP contribution is -2.44. The summed E-state index contributed by atoms with van der Waals surface area (Å²) in [6.45, 7) is 2.35. The van der Waals surface area contributed by atoms with Crippen LogP contribution in [0.25, 0.3) is 0 Å². The van der Waals surface area contributed by atoms with Gasteiger partial charge in [-0.3, -0.25) is 4.79 Å². The predicted molar refractivity (Wildman–Crippen MR) is 78.2 cm³/mol. The highest BCUT2D eigenvalue weighted by molar-refractivity contribution is 7.99. The summed E-state index contributed by atoms with van der Waals surface area (Å²) in [6.07, 6.45) is 0. The molecule has 0 aromatic heterocycles. The van der Waals surface area contributed by atoms with Crippen LogP contribution in [0, 0.1) is 17.7 Å². The van der Waals surface area contributed by atoms with Gasteiger partial charge in [-0.05, 0) is 25.1 Å². The molecule has 1 aromatic carbocycles. The number of rotatable bonds is 1. The summed E-state index contributed by atoms with van der Waals surface area (Å²) < 4.78 is 14.0. The highest BCUT2D eigenvalue weighted by Crippen LogP contribution is 2.20. The third-order valence-corrected chi connectivity index (χ3v) is 4.33. The fourth-order valence-electron chi connectivity index (χ4n) is 2.09. The molecule has 2 rings (SSSR count). The quantitative estimate of drug-likeness (QED) is 0.802. The molecule has 1 atom stereocenters. The Labute approximate surface area is 122 Å². The molecule has 5 heteroatoms. The zero-order valence-electron chi connectivity index (χ0n) is 11.2. The van der Waals surface area contributed by atoms with Gasteiger partial charge in [0, 0.05) is 29.7 Å². The van der Waals surface area contributed by atoms with Crippen LogP contribution in [0.1, 0.15) is 22.8 Å². The van der Waals surface area contributed by atoms with E-state index in [0.29, 0.717) is 12.1 Å². The van der Waals surface area contributed by atoms with Crippen molar-refractivity contribution in [2.24, 2.45) is 0 Å². The van der Waals surface area contributed by atoms with Crippen LogP contribution < -0.4 is 0 Å². The number of thioether (sulfide) groups is 1. The Morgan fingerprint density at radius 3 is 3.05 bits per heavy atom. The Bertz CT molecular complexity index is 565. The molecule has 0 aliphatic carbocycles. The second-order valence-electron chi connectivity index (χ2n) is 4.58. The molecule has 0 bridgehead atoms. The number of amides is 1. The summed E-state index contributed by atoms with van der Waals surface area (Å²) in [4.78, 5) is 14.1. The molecule has 1 unspecified atom stereocenters. The highest BCUT2D eigenvalue weighted by atomic mass is 32.2. The summed E-state index contributed by atoms with van der Waals surface area (Å²) in [7, 11) is 0. The number of nitrogens with zero attached hydrogens (tertiary/aromatic N) is 1. The van der Waals surface area contributed by atoms with Crippen LogP contribution in [0.5, 0.6) is 0 Å². The van der Waals surface area contributed by atoms with Crippen LogP contribution >= 0.6 is 11.8 Å². The average Bonchev–Trinajstić information content (AvgIpc) is 2.45. The zero-order valence-corrected chi connectivity index (χ0v) is 12.0. The molecule has 106 valence electrons. The number of benzene rings is 1. The summed E-state index contributed by atoms with van der Waals surface area (Å²) >= 11 is 1.81. The lowest BCUT2D eigenvalue weighted by Gasteiger charge is -2.33. The smallest absolute Gasteiger partial charge is 0.257 e. The van der Waals surface area contributed by atoms with Crippen LogP contribution in [0.15, 0.2) is 18.2 Å². The molecule has 20 heavy (non-hydrogen) atoms. The first kappa shape index (κ1) is 14.9. The largest absolute Gasteiger partial charge is 0.384 e. The molecule has 0 spiro atoms. The van der Waals surface area contributed by atoms with Gasteiger partial charge in [-0.25, -0.2) is 4.39 Å². The third-order valence-electron chi connectivity index (χ3n) is 3.14. The number of carbonyl (C=O) groups is 1. The Hall–Kier alpha value is -1.51. The van der Waals surface area contributed by atoms with Crippen molar-refractivity contribution in [3.8, 4) is 11.8 Å². The molecule has 1 aliphatic rings. The topological polar surface area (TPSA) is 40.5 Å². The van der Waals surface area contributed by atoms with Crippen molar-refractivity contribution < 1.29 is 14.3 Å². The molecule has 1 N–H and O–H groups in total. The van der Waals surface area contributed by atoms with Gasteiger partial charge < -0.3 is 10.0 Å². The van der Waals surface area contributed by atoms with Gasteiger partial charge in [0.1, 0.15) is 12.4 Å². The minimum Gasteiger partial charge on any atom is -0.384 e. The lowest BCUT2D eigenvalue weighted by atomic mass is 10.1. The molecule has 1 heterocycles. The number of carbonyl (C=O) groups excluding carboxylic acids is 1. The molecule has 0 saturated carbocycles. The van der Waals surface area contributed by atoms with E-state index in [4.69, 9.17) is 5.11 Å². The summed E-state index contributed by atoms with van der Waals surface area (Å²) in [5.74, 6) is 6.01. The number of aliphatic hydroxyl groups is 1. The lowest BCUT2D eigenvalue weighted by molar-refractivity contribution is 0.0711. The normalized spacial score (nSPS) is 18.4. The first-order chi connectivity index (χ1) is 9.63. The van der Waals surface area contributed by atoms with Crippen molar-refractivity contribution >= 4 is 17.7 Å². The second kappa shape index (κ2) is 6.78. The first-order valence-electron chi connectivity index (χ1n) is 6.41. The number of halogens is 1. The molecule has 3 nitrogen and oxygen atoms in total. The molecule has 1 saturated heterocycles. The standard InChI is InChI=1S/C15H16FNO2S/c1-11-10-20-8-6-17(11)15(19)13-5-4-12(3-2-7-18)9-14(13)16/h4-5,9,11,18H,6-8,10H2,1H3. The fourth-order valence-corrected chi connectivity index (χ4v) is 3.10. The Morgan fingerprint density at radius 1 is 1.60 bits per heavy atom. The van der Waals surface area contributed by atoms with Crippen molar-refractivity contribution in [1.29, 1.82) is 0 Å². The molecule has 1 aliphatic heterocycles. The van der Waals surface area contributed by atoms with Crippen LogP contribution in [0.4, 0.5) is 4.39 Å². The van der Waals surface area contributed by atoms with E-state index >= 15 is 0 Å². The molecule has 0 radical (unpaired) electrons. The van der Waals surface area contributed by atoms with Gasteiger partial charge in [0.25, 0.3) is 5.91 Å². The van der Waals surface area contributed by atoms with Crippen molar-refractivity contribution in [3.63, 3.8) is 0 Å². The SMILES string of the molecule is CC1CSCCN1C(=O)c1ccc(C#CCO)cc1F. The monoisotopic (exact) mass is 293 g/mol. The summed E-state index contributed by atoms with van der Waals surface area (Å²) in [6, 6.07) is 4.42. The minimum atomic E-state index is -0.565. The summed E-state index contributed by atoms with van der Waals surface area (Å²) in [5, 5.41) is 8.61. The van der Waals surface area contributed by atoms with E-state index in [9.17, 15) is 9.18 Å². The van der Waals surface area contributed by atoms with E-state index in [1.807, 2.05) is 6.92 Å². The third kappa shape index (κ3) is 3.33. The van der Waals surface area contributed by atoms with Crippen LogP contribution in [0.2, 0.25) is 0 Å². The summed E-state index contributed by atoms with van der Waals surface area (Å²) in [5.41, 5.74) is 0.536. The van der Waals surface area contributed by atoms with Crippen LogP contribution in [0.3, 0.4) is 0 Å². The maximum absolute atomic E-state index is 14.0. The van der Waals surface area contributed by atoms with Crippen molar-refractivity contribution in [1.82, 2.24) is 4.90 Å². The zero-order chi connectivity index (χ0) is 14.5. The van der Waals surface area contributed by atoms with Gasteiger partial charge in [0.05, 0.1) is 5.56 Å². The van der Waals surface area contributed by atoms with E-state index in [-0.39, 0.29) is 24.1 Å². The Balaban J connectivity index is 2.22. The van der Waals surface area contributed by atoms with Crippen molar-refractivity contribution in [3.05, 3.63) is 35.1 Å². The minimum absolute atomic E-state index is 0.0818. The van der Waals surface area contributed by atoms with Crippen LogP contribution in [-0.2, 0) is 0 Å². The number of hydrogen-bond donors (Lipinski definition) is 1. The van der Waals surface area contributed by atoms with E-state index < -0.39 is 5.82 Å². The van der Waals surface area contributed by atoms with Gasteiger partial charge in [-0.1, -0.05) is 11.8 Å². The van der Waals surface area contributed by atoms with Gasteiger partial charge in [-0.2, -0.15) is 11.8 Å². The molecule has 1 amide bonds. The predicted octanol–water partition coefficient (Wildman–Crippen LogP) is 1.75. The number of aliphatic hydroxyl groups excluding tert-OH is 1. The fraction of sp³-hybridized carbons (Fsp3) is 0.400. The van der Waals surface area contributed by atoms with Crippen molar-refractivity contribution in [2.75, 3.05) is 24.7 Å². The molecular formula is C15H16FNO2S. The Morgan fingerprint density at radius 2 is 2.40 bits per heavy atom. The van der Waals surface area contributed by atoms with Gasteiger partial charge in [0.15, 0.2) is 0 Å². The van der Waals surface area contributed by atoms with Gasteiger partial charge in [0.2, 0.25) is 0 Å². The van der Waals surface area contributed by atoms with E-state index in [0.717, 1.165) is 11.5 Å². The maximum Gasteiger partial charge on any atom is 0.257 e. The first-order valence-corrected chi connectivity index (χ1v) is 7.57. The number of hydrogen-bond acceptors (Lipinski definition) is 3. The maximum atomic E-state index is 14.0. The molecule has 1 fully saturated rings. The highest BCUT2D eigenvalue weighted by Gasteiger charge is 2.26. The van der Waals surface area contributed by atoms with E-state index in [1.54, 1.807) is 22.7 Å². The molecular weight excluding hydrogens is 277 g/mol. The van der Waals surface area contributed by atoms with Gasteiger partial charge >= 0.3 is 0 Å². The van der Waals surface area contributed by atoms with Gasteiger partial charge in [-0.15, -0.1) is 0 Å².